The van der Waals surface area contributed by atoms with Gasteiger partial charge in [-0.1, -0.05) is 11.6 Å². The first kappa shape index (κ1) is 10.9. The minimum absolute atomic E-state index is 0.332. The van der Waals surface area contributed by atoms with E-state index in [2.05, 4.69) is 0 Å². The van der Waals surface area contributed by atoms with E-state index in [4.69, 9.17) is 22.1 Å². The standard InChI is InChI=1S/C10H12ClNO2/c1-3-14-10(13)7-4-5-8(12)6(2)9(7)11/h4-5H,3,12H2,1-2H3. The Hall–Kier alpha value is -1.22. The van der Waals surface area contributed by atoms with Crippen LogP contribution in [0.2, 0.25) is 5.02 Å². The van der Waals surface area contributed by atoms with E-state index in [1.165, 1.54) is 0 Å². The van der Waals surface area contributed by atoms with Crippen LogP contribution in [0.1, 0.15) is 22.8 Å². The van der Waals surface area contributed by atoms with E-state index in [9.17, 15) is 4.79 Å². The van der Waals surface area contributed by atoms with Gasteiger partial charge in [0.1, 0.15) is 0 Å². The number of rotatable bonds is 2. The van der Waals surface area contributed by atoms with E-state index in [1.807, 2.05) is 0 Å². The zero-order valence-electron chi connectivity index (χ0n) is 8.13. The quantitative estimate of drug-likeness (QED) is 0.606. The average molecular weight is 214 g/mol. The minimum Gasteiger partial charge on any atom is -0.462 e. The zero-order valence-corrected chi connectivity index (χ0v) is 8.89. The van der Waals surface area contributed by atoms with Gasteiger partial charge in [0.05, 0.1) is 17.2 Å². The first-order chi connectivity index (χ1) is 6.57. The van der Waals surface area contributed by atoms with Crippen LogP contribution in [-0.4, -0.2) is 12.6 Å². The second-order valence-corrected chi connectivity index (χ2v) is 3.24. The van der Waals surface area contributed by atoms with Crippen LogP contribution in [0.5, 0.6) is 0 Å². The van der Waals surface area contributed by atoms with Gasteiger partial charge >= 0.3 is 5.97 Å². The Morgan fingerprint density at radius 3 is 2.79 bits per heavy atom. The summed E-state index contributed by atoms with van der Waals surface area (Å²) in [5.41, 5.74) is 7.27. The Balaban J connectivity index is 3.11. The van der Waals surface area contributed by atoms with Gasteiger partial charge in [0, 0.05) is 5.69 Å². The molecule has 0 aliphatic heterocycles. The average Bonchev–Trinajstić information content (AvgIpc) is 2.15. The predicted octanol–water partition coefficient (Wildman–Crippen LogP) is 2.41. The first-order valence-electron chi connectivity index (χ1n) is 4.29. The molecule has 14 heavy (non-hydrogen) atoms. The van der Waals surface area contributed by atoms with Gasteiger partial charge in [-0.05, 0) is 31.5 Å². The zero-order chi connectivity index (χ0) is 10.7. The summed E-state index contributed by atoms with van der Waals surface area (Å²) < 4.78 is 4.84. The molecule has 0 aromatic heterocycles. The van der Waals surface area contributed by atoms with Gasteiger partial charge in [0.2, 0.25) is 0 Å². The van der Waals surface area contributed by atoms with Crippen molar-refractivity contribution in [3.05, 3.63) is 28.3 Å². The lowest BCUT2D eigenvalue weighted by molar-refractivity contribution is 0.0526. The van der Waals surface area contributed by atoms with Crippen LogP contribution in [-0.2, 0) is 4.74 Å². The molecule has 1 aromatic carbocycles. The van der Waals surface area contributed by atoms with E-state index in [-0.39, 0.29) is 0 Å². The van der Waals surface area contributed by atoms with Crippen LogP contribution in [0.25, 0.3) is 0 Å². The van der Waals surface area contributed by atoms with Gasteiger partial charge in [-0.2, -0.15) is 0 Å². The van der Waals surface area contributed by atoms with E-state index >= 15 is 0 Å². The number of benzene rings is 1. The summed E-state index contributed by atoms with van der Waals surface area (Å²) in [5, 5.41) is 0.364. The number of anilines is 1. The molecule has 1 rings (SSSR count). The van der Waals surface area contributed by atoms with Gasteiger partial charge in [0.15, 0.2) is 0 Å². The van der Waals surface area contributed by atoms with E-state index in [0.717, 1.165) is 0 Å². The third kappa shape index (κ3) is 1.99. The maximum Gasteiger partial charge on any atom is 0.339 e. The van der Waals surface area contributed by atoms with Crippen molar-refractivity contribution in [3.8, 4) is 0 Å². The summed E-state index contributed by atoms with van der Waals surface area (Å²) in [4.78, 5) is 11.4. The molecule has 1 aromatic rings. The SMILES string of the molecule is CCOC(=O)c1ccc(N)c(C)c1Cl. The highest BCUT2D eigenvalue weighted by Gasteiger charge is 2.13. The molecule has 0 fully saturated rings. The van der Waals surface area contributed by atoms with Crippen LogP contribution in [0.15, 0.2) is 12.1 Å². The van der Waals surface area contributed by atoms with Crippen molar-refractivity contribution in [3.63, 3.8) is 0 Å². The van der Waals surface area contributed by atoms with Crippen molar-refractivity contribution in [2.45, 2.75) is 13.8 Å². The van der Waals surface area contributed by atoms with Crippen LogP contribution in [0.4, 0.5) is 5.69 Å². The molecule has 0 amide bonds. The third-order valence-corrected chi connectivity index (χ3v) is 2.41. The number of esters is 1. The van der Waals surface area contributed by atoms with E-state index in [0.29, 0.717) is 28.4 Å². The van der Waals surface area contributed by atoms with Crippen molar-refractivity contribution in [1.29, 1.82) is 0 Å². The number of halogens is 1. The van der Waals surface area contributed by atoms with Crippen molar-refractivity contribution in [2.24, 2.45) is 0 Å². The number of hydrogen-bond donors (Lipinski definition) is 1. The number of carbonyl (C=O) groups excluding carboxylic acids is 1. The van der Waals surface area contributed by atoms with Crippen molar-refractivity contribution < 1.29 is 9.53 Å². The van der Waals surface area contributed by atoms with Crippen molar-refractivity contribution in [1.82, 2.24) is 0 Å². The summed E-state index contributed by atoms with van der Waals surface area (Å²) in [7, 11) is 0. The molecule has 0 heterocycles. The number of carbonyl (C=O) groups is 1. The summed E-state index contributed by atoms with van der Waals surface area (Å²) in [5.74, 6) is -0.416. The lowest BCUT2D eigenvalue weighted by Crippen LogP contribution is -2.06. The first-order valence-corrected chi connectivity index (χ1v) is 4.67. The predicted molar refractivity (Wildman–Crippen MR) is 56.6 cm³/mol. The fourth-order valence-corrected chi connectivity index (χ4v) is 1.32. The van der Waals surface area contributed by atoms with Gasteiger partial charge in [0.25, 0.3) is 0 Å². The molecule has 76 valence electrons. The molecular weight excluding hydrogens is 202 g/mol. The van der Waals surface area contributed by atoms with Crippen LogP contribution < -0.4 is 5.73 Å². The monoisotopic (exact) mass is 213 g/mol. The lowest BCUT2D eigenvalue weighted by atomic mass is 10.1. The molecule has 0 bridgehead atoms. The smallest absolute Gasteiger partial charge is 0.339 e. The maximum atomic E-state index is 11.4. The second-order valence-electron chi connectivity index (χ2n) is 2.86. The largest absolute Gasteiger partial charge is 0.462 e. The van der Waals surface area contributed by atoms with Gasteiger partial charge in [-0.25, -0.2) is 4.79 Å². The molecule has 3 nitrogen and oxygen atoms in total. The summed E-state index contributed by atoms with van der Waals surface area (Å²) in [6.07, 6.45) is 0. The molecule has 0 aliphatic rings. The van der Waals surface area contributed by atoms with Gasteiger partial charge in [-0.3, -0.25) is 0 Å². The highest BCUT2D eigenvalue weighted by atomic mass is 35.5. The van der Waals surface area contributed by atoms with Crippen LogP contribution in [0.3, 0.4) is 0 Å². The highest BCUT2D eigenvalue weighted by molar-refractivity contribution is 6.34. The minimum atomic E-state index is -0.416. The van der Waals surface area contributed by atoms with Gasteiger partial charge in [-0.15, -0.1) is 0 Å². The van der Waals surface area contributed by atoms with Crippen molar-refractivity contribution in [2.75, 3.05) is 12.3 Å². The Morgan fingerprint density at radius 2 is 2.21 bits per heavy atom. The second kappa shape index (κ2) is 4.33. The normalized spacial score (nSPS) is 9.93. The number of nitrogens with two attached hydrogens (primary N) is 1. The molecule has 4 heteroatoms. The molecule has 0 radical (unpaired) electrons. The molecule has 2 N–H and O–H groups in total. The van der Waals surface area contributed by atoms with E-state index in [1.54, 1.807) is 26.0 Å². The van der Waals surface area contributed by atoms with Crippen molar-refractivity contribution >= 4 is 23.3 Å². The Bertz CT molecular complexity index is 363. The lowest BCUT2D eigenvalue weighted by Gasteiger charge is -2.07. The summed E-state index contributed by atoms with van der Waals surface area (Å²) >= 11 is 5.95. The summed E-state index contributed by atoms with van der Waals surface area (Å²) in [6, 6.07) is 3.22. The molecule has 0 atom stereocenters. The van der Waals surface area contributed by atoms with Gasteiger partial charge < -0.3 is 10.5 Å². The number of ether oxygens (including phenoxy) is 1. The molecule has 0 aliphatic carbocycles. The topological polar surface area (TPSA) is 52.3 Å². The molecule has 0 saturated heterocycles. The van der Waals surface area contributed by atoms with Crippen LogP contribution >= 0.6 is 11.6 Å². The van der Waals surface area contributed by atoms with E-state index < -0.39 is 5.97 Å². The Kier molecular flexibility index (Phi) is 3.36. The molecule has 0 spiro atoms. The van der Waals surface area contributed by atoms with Crippen LogP contribution in [0, 0.1) is 6.92 Å². The summed E-state index contributed by atoms with van der Waals surface area (Å²) in [6.45, 7) is 3.84. The number of hydrogen-bond acceptors (Lipinski definition) is 3. The fourth-order valence-electron chi connectivity index (χ4n) is 1.07. The molecular formula is C10H12ClNO2. The molecule has 0 saturated carbocycles. The molecule has 0 unspecified atom stereocenters. The number of nitrogen functional groups attached to an aromatic ring is 1. The third-order valence-electron chi connectivity index (χ3n) is 1.92. The Morgan fingerprint density at radius 1 is 1.57 bits per heavy atom. The maximum absolute atomic E-state index is 11.4. The fraction of sp³-hybridized carbons (Fsp3) is 0.300. The Labute approximate surface area is 87.8 Å². The highest BCUT2D eigenvalue weighted by Crippen LogP contribution is 2.25.